The molecule has 114 valence electrons. The first-order chi connectivity index (χ1) is 10.1. The monoisotopic (exact) mass is 306 g/mol. The molecule has 5 heteroatoms. The third kappa shape index (κ3) is 3.47. The first-order valence-electron chi connectivity index (χ1n) is 7.33. The molecule has 2 aromatic rings. The zero-order valence-corrected chi connectivity index (χ0v) is 13.6. The van der Waals surface area contributed by atoms with Crippen LogP contribution in [-0.2, 0) is 0 Å². The number of rotatable bonds is 6. The molecule has 0 unspecified atom stereocenters. The Morgan fingerprint density at radius 1 is 1.33 bits per heavy atom. The minimum Gasteiger partial charge on any atom is -0.394 e. The van der Waals surface area contributed by atoms with Crippen molar-refractivity contribution in [1.82, 2.24) is 9.55 Å². The fourth-order valence-electron chi connectivity index (χ4n) is 2.18. The Morgan fingerprint density at radius 3 is 2.67 bits per heavy atom. The maximum absolute atomic E-state index is 12.8. The molecule has 1 atom stereocenters. The summed E-state index contributed by atoms with van der Waals surface area (Å²) in [4.78, 5) is 17.4. The maximum atomic E-state index is 12.8. The summed E-state index contributed by atoms with van der Waals surface area (Å²) in [7, 11) is 0. The van der Waals surface area contributed by atoms with Crippen LogP contribution in [0.2, 0.25) is 0 Å². The van der Waals surface area contributed by atoms with E-state index < -0.39 is 0 Å². The predicted molar refractivity (Wildman–Crippen MR) is 88.0 cm³/mol. The normalized spacial score (nSPS) is 13.0. The summed E-state index contributed by atoms with van der Waals surface area (Å²) in [5, 5.41) is 10.9. The van der Waals surface area contributed by atoms with Crippen LogP contribution in [0.5, 0.6) is 0 Å². The summed E-state index contributed by atoms with van der Waals surface area (Å²) < 4.78 is 1.66. The van der Waals surface area contributed by atoms with Gasteiger partial charge in [0.15, 0.2) is 5.16 Å². The molecule has 1 aromatic carbocycles. The fraction of sp³-hybridized carbons (Fsp3) is 0.500. The lowest BCUT2D eigenvalue weighted by Gasteiger charge is -2.20. The second kappa shape index (κ2) is 7.09. The summed E-state index contributed by atoms with van der Waals surface area (Å²) in [6.07, 6.45) is 0.700. The SMILES string of the molecule is CC[C@@H](CO)n1c(SCC(C)C)nc2ccccc2c1=O. The van der Waals surface area contributed by atoms with Gasteiger partial charge in [-0.15, -0.1) is 0 Å². The second-order valence-corrected chi connectivity index (χ2v) is 6.52. The van der Waals surface area contributed by atoms with Gasteiger partial charge in [-0.2, -0.15) is 0 Å². The quantitative estimate of drug-likeness (QED) is 0.658. The van der Waals surface area contributed by atoms with Crippen molar-refractivity contribution in [2.45, 2.75) is 38.4 Å². The molecular weight excluding hydrogens is 284 g/mol. The number of hydrogen-bond donors (Lipinski definition) is 1. The van der Waals surface area contributed by atoms with Gasteiger partial charge >= 0.3 is 0 Å². The number of thioether (sulfide) groups is 1. The van der Waals surface area contributed by atoms with E-state index in [1.165, 1.54) is 0 Å². The first kappa shape index (κ1) is 16.0. The molecule has 0 bridgehead atoms. The lowest BCUT2D eigenvalue weighted by molar-refractivity contribution is 0.213. The average molecular weight is 306 g/mol. The van der Waals surface area contributed by atoms with Crippen molar-refractivity contribution in [1.29, 1.82) is 0 Å². The Balaban J connectivity index is 2.62. The molecule has 1 aromatic heterocycles. The molecule has 0 aliphatic heterocycles. The largest absolute Gasteiger partial charge is 0.394 e. The van der Waals surface area contributed by atoms with Gasteiger partial charge < -0.3 is 5.11 Å². The zero-order valence-electron chi connectivity index (χ0n) is 12.7. The summed E-state index contributed by atoms with van der Waals surface area (Å²) >= 11 is 1.58. The molecule has 0 amide bonds. The van der Waals surface area contributed by atoms with Crippen molar-refractivity contribution in [2.24, 2.45) is 5.92 Å². The van der Waals surface area contributed by atoms with E-state index in [0.717, 1.165) is 11.3 Å². The van der Waals surface area contributed by atoms with E-state index in [-0.39, 0.29) is 18.2 Å². The van der Waals surface area contributed by atoms with Crippen molar-refractivity contribution >= 4 is 22.7 Å². The van der Waals surface area contributed by atoms with Gasteiger partial charge in [0.05, 0.1) is 23.6 Å². The van der Waals surface area contributed by atoms with Gasteiger partial charge in [-0.05, 0) is 24.5 Å². The first-order valence-corrected chi connectivity index (χ1v) is 8.32. The molecule has 2 rings (SSSR count). The van der Waals surface area contributed by atoms with E-state index in [1.807, 2.05) is 25.1 Å². The van der Waals surface area contributed by atoms with E-state index in [2.05, 4.69) is 18.8 Å². The van der Waals surface area contributed by atoms with Crippen LogP contribution in [0.15, 0.2) is 34.2 Å². The highest BCUT2D eigenvalue weighted by atomic mass is 32.2. The Kier molecular flexibility index (Phi) is 5.42. The summed E-state index contributed by atoms with van der Waals surface area (Å²) in [6, 6.07) is 7.17. The fourth-order valence-corrected chi connectivity index (χ4v) is 3.20. The van der Waals surface area contributed by atoms with Crippen LogP contribution in [0.25, 0.3) is 10.9 Å². The van der Waals surface area contributed by atoms with Gasteiger partial charge in [0.2, 0.25) is 0 Å². The minimum absolute atomic E-state index is 0.0499. The molecule has 0 fully saturated rings. The van der Waals surface area contributed by atoms with Crippen LogP contribution < -0.4 is 5.56 Å². The van der Waals surface area contributed by atoms with E-state index in [0.29, 0.717) is 22.9 Å². The van der Waals surface area contributed by atoms with E-state index in [4.69, 9.17) is 0 Å². The molecule has 1 N–H and O–H groups in total. The highest BCUT2D eigenvalue weighted by Gasteiger charge is 2.18. The Labute approximate surface area is 129 Å². The van der Waals surface area contributed by atoms with E-state index >= 15 is 0 Å². The Hall–Kier alpha value is -1.33. The summed E-state index contributed by atoms with van der Waals surface area (Å²) in [5.74, 6) is 1.41. The molecule has 0 saturated carbocycles. The van der Waals surface area contributed by atoms with Crippen LogP contribution in [0, 0.1) is 5.92 Å². The molecule has 0 radical (unpaired) electrons. The summed E-state index contributed by atoms with van der Waals surface area (Å²) in [5.41, 5.74) is 0.658. The Bertz CT molecular complexity index is 663. The van der Waals surface area contributed by atoms with Crippen LogP contribution in [-0.4, -0.2) is 27.0 Å². The smallest absolute Gasteiger partial charge is 0.262 e. The molecule has 21 heavy (non-hydrogen) atoms. The molecule has 4 nitrogen and oxygen atoms in total. The lowest BCUT2D eigenvalue weighted by Crippen LogP contribution is -2.29. The van der Waals surface area contributed by atoms with E-state index in [9.17, 15) is 9.90 Å². The molecular formula is C16H22N2O2S. The number of nitrogens with zero attached hydrogens (tertiary/aromatic N) is 2. The van der Waals surface area contributed by atoms with Crippen LogP contribution in [0.3, 0.4) is 0 Å². The van der Waals surface area contributed by atoms with Crippen LogP contribution >= 0.6 is 11.8 Å². The Morgan fingerprint density at radius 2 is 2.05 bits per heavy atom. The third-order valence-corrected chi connectivity index (χ3v) is 4.75. The van der Waals surface area contributed by atoms with Crippen molar-refractivity contribution in [3.8, 4) is 0 Å². The average Bonchev–Trinajstić information content (AvgIpc) is 2.48. The summed E-state index contributed by atoms with van der Waals surface area (Å²) in [6.45, 7) is 6.20. The van der Waals surface area contributed by atoms with Crippen molar-refractivity contribution in [2.75, 3.05) is 12.4 Å². The molecule has 0 saturated heterocycles. The molecule has 0 aliphatic carbocycles. The van der Waals surface area contributed by atoms with Gasteiger partial charge in [0.1, 0.15) is 0 Å². The predicted octanol–water partition coefficient (Wildman–Crippen LogP) is 3.09. The van der Waals surface area contributed by atoms with Gasteiger partial charge in [-0.1, -0.05) is 44.7 Å². The maximum Gasteiger partial charge on any atom is 0.262 e. The topological polar surface area (TPSA) is 55.1 Å². The number of aliphatic hydroxyl groups is 1. The van der Waals surface area contributed by atoms with Gasteiger partial charge in [0.25, 0.3) is 5.56 Å². The number of para-hydroxylation sites is 1. The molecule has 0 aliphatic rings. The number of hydrogen-bond acceptors (Lipinski definition) is 4. The van der Waals surface area contributed by atoms with Crippen LogP contribution in [0.1, 0.15) is 33.2 Å². The highest BCUT2D eigenvalue weighted by Crippen LogP contribution is 2.23. The van der Waals surface area contributed by atoms with Gasteiger partial charge in [-0.25, -0.2) is 4.98 Å². The number of aliphatic hydroxyl groups excluding tert-OH is 1. The van der Waals surface area contributed by atoms with Gasteiger partial charge in [-0.3, -0.25) is 9.36 Å². The van der Waals surface area contributed by atoms with Crippen molar-refractivity contribution in [3.05, 3.63) is 34.6 Å². The highest BCUT2D eigenvalue weighted by molar-refractivity contribution is 7.99. The van der Waals surface area contributed by atoms with Crippen molar-refractivity contribution < 1.29 is 5.11 Å². The third-order valence-electron chi connectivity index (χ3n) is 3.37. The van der Waals surface area contributed by atoms with Crippen LogP contribution in [0.4, 0.5) is 0 Å². The molecule has 1 heterocycles. The zero-order chi connectivity index (χ0) is 15.4. The number of benzene rings is 1. The van der Waals surface area contributed by atoms with Crippen molar-refractivity contribution in [3.63, 3.8) is 0 Å². The lowest BCUT2D eigenvalue weighted by atomic mass is 10.2. The molecule has 0 spiro atoms. The van der Waals surface area contributed by atoms with E-state index in [1.54, 1.807) is 22.4 Å². The minimum atomic E-state index is -0.218. The number of fused-ring (bicyclic) bond motifs is 1. The standard InChI is InChI=1S/C16H22N2O2S/c1-4-12(9-19)18-15(20)13-7-5-6-8-14(13)17-16(18)21-10-11(2)3/h5-8,11-12,19H,4,9-10H2,1-3H3/t12-/m0/s1. The second-order valence-electron chi connectivity index (χ2n) is 5.54. The van der Waals surface area contributed by atoms with Gasteiger partial charge in [0, 0.05) is 5.75 Å². The number of aromatic nitrogens is 2.